The van der Waals surface area contributed by atoms with Crippen molar-refractivity contribution in [3.8, 4) is 0 Å². The van der Waals surface area contributed by atoms with E-state index < -0.39 is 29.1 Å². The molecule has 0 bridgehead atoms. The summed E-state index contributed by atoms with van der Waals surface area (Å²) in [7, 11) is 0. The fourth-order valence-corrected chi connectivity index (χ4v) is 2.89. The van der Waals surface area contributed by atoms with Crippen LogP contribution < -0.4 is 0 Å². The molecule has 3 amide bonds. The highest BCUT2D eigenvalue weighted by Gasteiger charge is 2.45. The van der Waals surface area contributed by atoms with Crippen molar-refractivity contribution < 1.29 is 29.1 Å². The standard InChI is InChI=1S/C18H22N2O6/c1-17(2,3)26-16(23)19-10-18(24,11-19)8-9-25-20-14(21)12-6-4-5-7-13(12)15(20)22/h4-7,24H,8-11H2,1-3H3. The zero-order valence-electron chi connectivity index (χ0n) is 15.0. The number of fused-ring (bicyclic) bond motifs is 1. The van der Waals surface area contributed by atoms with E-state index in [0.717, 1.165) is 5.06 Å². The van der Waals surface area contributed by atoms with Crippen LogP contribution in [0.25, 0.3) is 0 Å². The van der Waals surface area contributed by atoms with Crippen molar-refractivity contribution in [2.24, 2.45) is 0 Å². The Balaban J connectivity index is 1.47. The van der Waals surface area contributed by atoms with Gasteiger partial charge in [-0.25, -0.2) is 4.79 Å². The van der Waals surface area contributed by atoms with Gasteiger partial charge in [-0.3, -0.25) is 14.4 Å². The van der Waals surface area contributed by atoms with Gasteiger partial charge in [-0.15, -0.1) is 5.06 Å². The van der Waals surface area contributed by atoms with E-state index in [4.69, 9.17) is 9.57 Å². The maximum Gasteiger partial charge on any atom is 0.410 e. The second kappa shape index (κ2) is 6.37. The van der Waals surface area contributed by atoms with E-state index in [1.807, 2.05) is 0 Å². The number of β-amino-alcohol motifs (C(OH)–C–C–N with tert-alkyl or cyclic N) is 1. The first kappa shape index (κ1) is 18.3. The Labute approximate surface area is 151 Å². The fraction of sp³-hybridized carbons (Fsp3) is 0.500. The zero-order chi connectivity index (χ0) is 19.1. The van der Waals surface area contributed by atoms with Crippen molar-refractivity contribution in [3.63, 3.8) is 0 Å². The minimum atomic E-state index is -1.12. The molecule has 3 rings (SSSR count). The maximum absolute atomic E-state index is 12.2. The molecule has 0 aromatic heterocycles. The number of likely N-dealkylation sites (tertiary alicyclic amines) is 1. The molecule has 1 saturated heterocycles. The smallest absolute Gasteiger partial charge is 0.410 e. The van der Waals surface area contributed by atoms with Gasteiger partial charge in [-0.2, -0.15) is 0 Å². The predicted molar refractivity (Wildman–Crippen MR) is 90.3 cm³/mol. The van der Waals surface area contributed by atoms with E-state index in [0.29, 0.717) is 11.1 Å². The molecule has 1 aromatic carbocycles. The van der Waals surface area contributed by atoms with Gasteiger partial charge in [0, 0.05) is 6.42 Å². The molecule has 1 aromatic rings. The third kappa shape index (κ3) is 3.56. The van der Waals surface area contributed by atoms with Gasteiger partial charge in [0.2, 0.25) is 0 Å². The molecular weight excluding hydrogens is 340 g/mol. The lowest BCUT2D eigenvalue weighted by Gasteiger charge is -2.46. The number of carbonyl (C=O) groups is 3. The molecule has 0 aliphatic carbocycles. The molecule has 0 spiro atoms. The summed E-state index contributed by atoms with van der Waals surface area (Å²) in [5.74, 6) is -1.02. The van der Waals surface area contributed by atoms with E-state index in [-0.39, 0.29) is 26.1 Å². The number of rotatable bonds is 4. The summed E-state index contributed by atoms with van der Waals surface area (Å²) in [5, 5.41) is 11.1. The third-order valence-corrected chi connectivity index (χ3v) is 4.17. The van der Waals surface area contributed by atoms with Crippen LogP contribution in [0.2, 0.25) is 0 Å². The highest BCUT2D eigenvalue weighted by molar-refractivity contribution is 6.20. The average Bonchev–Trinajstić information content (AvgIpc) is 2.76. The first-order valence-corrected chi connectivity index (χ1v) is 8.41. The van der Waals surface area contributed by atoms with Crippen LogP contribution in [-0.2, 0) is 9.57 Å². The Hall–Kier alpha value is -2.45. The van der Waals surface area contributed by atoms with Crippen LogP contribution in [0.4, 0.5) is 4.79 Å². The monoisotopic (exact) mass is 362 g/mol. The highest BCUT2D eigenvalue weighted by Crippen LogP contribution is 2.28. The number of imide groups is 1. The first-order chi connectivity index (χ1) is 12.1. The van der Waals surface area contributed by atoms with Crippen LogP contribution in [0.15, 0.2) is 24.3 Å². The zero-order valence-corrected chi connectivity index (χ0v) is 15.0. The number of nitrogens with zero attached hydrogens (tertiary/aromatic N) is 2. The Morgan fingerprint density at radius 2 is 1.69 bits per heavy atom. The number of aliphatic hydroxyl groups is 1. The summed E-state index contributed by atoms with van der Waals surface area (Å²) < 4.78 is 5.23. The number of amides is 3. The van der Waals surface area contributed by atoms with Gasteiger partial charge in [0.05, 0.1) is 30.8 Å². The molecular formula is C18H22N2O6. The molecule has 0 radical (unpaired) electrons. The third-order valence-electron chi connectivity index (χ3n) is 4.17. The van der Waals surface area contributed by atoms with E-state index >= 15 is 0 Å². The van der Waals surface area contributed by atoms with Crippen molar-refractivity contribution in [1.82, 2.24) is 9.96 Å². The van der Waals surface area contributed by atoms with Gasteiger partial charge in [0.1, 0.15) is 11.2 Å². The lowest BCUT2D eigenvalue weighted by molar-refractivity contribution is -0.140. The summed E-state index contributed by atoms with van der Waals surface area (Å²) in [6, 6.07) is 6.49. The van der Waals surface area contributed by atoms with Crippen molar-refractivity contribution in [2.45, 2.75) is 38.4 Å². The van der Waals surface area contributed by atoms with Crippen LogP contribution in [-0.4, -0.2) is 63.9 Å². The van der Waals surface area contributed by atoms with Gasteiger partial charge in [0.15, 0.2) is 0 Å². The summed E-state index contributed by atoms with van der Waals surface area (Å²) >= 11 is 0. The molecule has 8 heteroatoms. The van der Waals surface area contributed by atoms with E-state index in [1.54, 1.807) is 45.0 Å². The van der Waals surface area contributed by atoms with Gasteiger partial charge in [-0.1, -0.05) is 12.1 Å². The normalized spacial score (nSPS) is 18.6. The van der Waals surface area contributed by atoms with Crippen LogP contribution >= 0.6 is 0 Å². The number of hydrogen-bond acceptors (Lipinski definition) is 6. The molecule has 2 aliphatic rings. The summed E-state index contributed by atoms with van der Waals surface area (Å²) in [4.78, 5) is 42.9. The van der Waals surface area contributed by atoms with Gasteiger partial charge in [0.25, 0.3) is 11.8 Å². The SMILES string of the molecule is CC(C)(C)OC(=O)N1CC(O)(CCON2C(=O)c3ccccc3C2=O)C1. The van der Waals surface area contributed by atoms with E-state index in [9.17, 15) is 19.5 Å². The van der Waals surface area contributed by atoms with Crippen molar-refractivity contribution in [1.29, 1.82) is 0 Å². The molecule has 1 fully saturated rings. The van der Waals surface area contributed by atoms with Crippen molar-refractivity contribution in [2.75, 3.05) is 19.7 Å². The Bertz CT molecular complexity index is 713. The van der Waals surface area contributed by atoms with Gasteiger partial charge >= 0.3 is 6.09 Å². The summed E-state index contributed by atoms with van der Waals surface area (Å²) in [6.07, 6.45) is -0.303. The van der Waals surface area contributed by atoms with Crippen molar-refractivity contribution in [3.05, 3.63) is 35.4 Å². The Morgan fingerprint density at radius 1 is 1.15 bits per heavy atom. The number of benzene rings is 1. The van der Waals surface area contributed by atoms with Crippen LogP contribution in [0.1, 0.15) is 47.9 Å². The van der Waals surface area contributed by atoms with E-state index in [2.05, 4.69) is 0 Å². The van der Waals surface area contributed by atoms with Crippen LogP contribution in [0.5, 0.6) is 0 Å². The quantitative estimate of drug-likeness (QED) is 0.817. The first-order valence-electron chi connectivity index (χ1n) is 8.41. The maximum atomic E-state index is 12.2. The van der Waals surface area contributed by atoms with Gasteiger partial charge in [-0.05, 0) is 32.9 Å². The fourth-order valence-electron chi connectivity index (χ4n) is 2.89. The number of ether oxygens (including phenoxy) is 1. The molecule has 26 heavy (non-hydrogen) atoms. The molecule has 1 N–H and O–H groups in total. The lowest BCUT2D eigenvalue weighted by atomic mass is 9.91. The minimum absolute atomic E-state index is 0.0237. The summed E-state index contributed by atoms with van der Waals surface area (Å²) in [5.41, 5.74) is -1.11. The topological polar surface area (TPSA) is 96.4 Å². The second-order valence-electron chi connectivity index (χ2n) is 7.59. The predicted octanol–water partition coefficient (Wildman–Crippen LogP) is 1.59. The highest BCUT2D eigenvalue weighted by atomic mass is 16.7. The lowest BCUT2D eigenvalue weighted by Crippen LogP contribution is -2.64. The average molecular weight is 362 g/mol. The molecule has 0 unspecified atom stereocenters. The molecule has 2 heterocycles. The van der Waals surface area contributed by atoms with Gasteiger partial charge < -0.3 is 14.7 Å². The molecule has 140 valence electrons. The number of hydroxylamine groups is 2. The number of hydrogen-bond donors (Lipinski definition) is 1. The number of carbonyl (C=O) groups excluding carboxylic acids is 3. The second-order valence-corrected chi connectivity index (χ2v) is 7.59. The van der Waals surface area contributed by atoms with Crippen LogP contribution in [0, 0.1) is 0 Å². The molecule has 0 saturated carbocycles. The minimum Gasteiger partial charge on any atom is -0.444 e. The van der Waals surface area contributed by atoms with E-state index in [1.165, 1.54) is 4.90 Å². The Morgan fingerprint density at radius 3 is 2.19 bits per heavy atom. The van der Waals surface area contributed by atoms with Crippen molar-refractivity contribution >= 4 is 17.9 Å². The molecule has 2 aliphatic heterocycles. The largest absolute Gasteiger partial charge is 0.444 e. The Kier molecular flexibility index (Phi) is 4.49. The summed E-state index contributed by atoms with van der Waals surface area (Å²) in [6.45, 7) is 5.53. The van der Waals surface area contributed by atoms with Crippen LogP contribution in [0.3, 0.4) is 0 Å². The molecule has 0 atom stereocenters. The molecule has 8 nitrogen and oxygen atoms in total.